The number of nitrogens with zero attached hydrogens (tertiary/aromatic N) is 3. The van der Waals surface area contributed by atoms with Crippen molar-refractivity contribution in [1.82, 2.24) is 15.2 Å². The van der Waals surface area contributed by atoms with Crippen molar-refractivity contribution in [2.75, 3.05) is 0 Å². The summed E-state index contributed by atoms with van der Waals surface area (Å²) in [6.07, 6.45) is 1.52. The number of carbonyl (C=O) groups is 1. The summed E-state index contributed by atoms with van der Waals surface area (Å²) in [7, 11) is 0. The Labute approximate surface area is 134 Å². The molecule has 3 N–H and O–H groups in total. The van der Waals surface area contributed by atoms with Crippen LogP contribution in [0.2, 0.25) is 0 Å². The van der Waals surface area contributed by atoms with Gasteiger partial charge in [-0.05, 0) is 18.2 Å². The van der Waals surface area contributed by atoms with Gasteiger partial charge in [-0.1, -0.05) is 18.2 Å². The minimum Gasteiger partial charge on any atom is -0.493 e. The van der Waals surface area contributed by atoms with Crippen molar-refractivity contribution in [2.45, 2.75) is 0 Å². The zero-order valence-corrected chi connectivity index (χ0v) is 12.2. The van der Waals surface area contributed by atoms with Crippen molar-refractivity contribution >= 4 is 22.5 Å². The van der Waals surface area contributed by atoms with Crippen LogP contribution < -0.4 is 0 Å². The van der Waals surface area contributed by atoms with Gasteiger partial charge < -0.3 is 14.5 Å². The molecule has 0 radical (unpaired) electrons. The van der Waals surface area contributed by atoms with Gasteiger partial charge in [-0.3, -0.25) is 9.89 Å². The molecule has 1 amide bonds. The van der Waals surface area contributed by atoms with Crippen LogP contribution in [0, 0.1) is 0 Å². The van der Waals surface area contributed by atoms with E-state index in [-0.39, 0.29) is 17.3 Å². The van der Waals surface area contributed by atoms with Crippen LogP contribution in [0.5, 0.6) is 5.88 Å². The molecule has 3 heterocycles. The number of benzene rings is 1. The third-order valence-corrected chi connectivity index (χ3v) is 3.48. The van der Waals surface area contributed by atoms with Crippen LogP contribution in [0.4, 0.5) is 5.69 Å². The molecule has 8 heteroatoms. The lowest BCUT2D eigenvalue weighted by molar-refractivity contribution is 0.0990. The molecule has 0 saturated carbocycles. The van der Waals surface area contributed by atoms with Crippen molar-refractivity contribution in [1.29, 1.82) is 0 Å². The number of furan rings is 1. The molecule has 0 bridgehead atoms. The van der Waals surface area contributed by atoms with Gasteiger partial charge in [0.2, 0.25) is 5.88 Å². The highest BCUT2D eigenvalue weighted by molar-refractivity contribution is 5.96. The summed E-state index contributed by atoms with van der Waals surface area (Å²) in [5.41, 5.74) is 1.58. The standard InChI is InChI=1S/C16H11N5O3/c22-15(12-8-11(18-19-12)13-6-3-7-24-13)21-20-14-9-4-1-2-5-10(9)17-16(14)23/h1-8,17,23H,(H,18,19). The molecule has 0 spiro atoms. The van der Waals surface area contributed by atoms with E-state index < -0.39 is 5.91 Å². The van der Waals surface area contributed by atoms with Gasteiger partial charge in [0.15, 0.2) is 17.1 Å². The summed E-state index contributed by atoms with van der Waals surface area (Å²) < 4.78 is 5.22. The molecule has 0 saturated heterocycles. The molecule has 4 rings (SSSR count). The van der Waals surface area contributed by atoms with Crippen molar-refractivity contribution in [2.24, 2.45) is 10.2 Å². The Kier molecular flexibility index (Phi) is 3.20. The molecule has 0 aliphatic heterocycles. The van der Waals surface area contributed by atoms with Crippen LogP contribution in [-0.2, 0) is 0 Å². The highest BCUT2D eigenvalue weighted by atomic mass is 16.3. The number of carbonyl (C=O) groups excluding carboxylic acids is 1. The first-order chi connectivity index (χ1) is 11.7. The first kappa shape index (κ1) is 13.9. The number of azo groups is 1. The number of hydrogen-bond donors (Lipinski definition) is 3. The predicted molar refractivity (Wildman–Crippen MR) is 85.1 cm³/mol. The summed E-state index contributed by atoms with van der Waals surface area (Å²) in [6.45, 7) is 0. The molecule has 24 heavy (non-hydrogen) atoms. The first-order valence-electron chi connectivity index (χ1n) is 7.07. The third kappa shape index (κ3) is 2.35. The Morgan fingerprint density at radius 3 is 2.92 bits per heavy atom. The zero-order chi connectivity index (χ0) is 16.5. The van der Waals surface area contributed by atoms with Gasteiger partial charge in [-0.2, -0.15) is 5.10 Å². The number of H-pyrrole nitrogens is 2. The Hall–Kier alpha value is -3.68. The van der Waals surface area contributed by atoms with Crippen molar-refractivity contribution in [3.63, 3.8) is 0 Å². The van der Waals surface area contributed by atoms with Crippen molar-refractivity contribution in [3.05, 3.63) is 54.4 Å². The Morgan fingerprint density at radius 2 is 2.08 bits per heavy atom. The molecular formula is C16H11N5O3. The fourth-order valence-corrected chi connectivity index (χ4v) is 2.35. The predicted octanol–water partition coefficient (Wildman–Crippen LogP) is 3.78. The van der Waals surface area contributed by atoms with E-state index in [9.17, 15) is 9.90 Å². The SMILES string of the molecule is O=C(N=Nc1c(O)[nH]c2ccccc12)c1cc(-c2ccco2)[nH]n1. The van der Waals surface area contributed by atoms with E-state index in [0.717, 1.165) is 0 Å². The molecule has 0 aliphatic rings. The number of amides is 1. The monoisotopic (exact) mass is 321 g/mol. The maximum Gasteiger partial charge on any atom is 0.315 e. The van der Waals surface area contributed by atoms with Crippen LogP contribution in [0.25, 0.3) is 22.4 Å². The Balaban J connectivity index is 1.61. The molecule has 0 unspecified atom stereocenters. The maximum absolute atomic E-state index is 12.1. The summed E-state index contributed by atoms with van der Waals surface area (Å²) in [4.78, 5) is 14.9. The second kappa shape index (κ2) is 5.51. The maximum atomic E-state index is 12.1. The fourth-order valence-electron chi connectivity index (χ4n) is 2.35. The van der Waals surface area contributed by atoms with E-state index in [4.69, 9.17) is 4.42 Å². The minimum absolute atomic E-state index is 0.101. The number of rotatable bonds is 3. The number of fused-ring (bicyclic) bond motifs is 1. The number of aromatic nitrogens is 3. The minimum atomic E-state index is -0.631. The number of nitrogens with one attached hydrogen (secondary N) is 2. The lowest BCUT2D eigenvalue weighted by atomic mass is 10.2. The number of aromatic amines is 2. The Morgan fingerprint density at radius 1 is 1.21 bits per heavy atom. The molecule has 1 aromatic carbocycles. The van der Waals surface area contributed by atoms with Crippen molar-refractivity contribution in [3.8, 4) is 17.3 Å². The summed E-state index contributed by atoms with van der Waals surface area (Å²) in [5.74, 6) is -0.215. The van der Waals surface area contributed by atoms with Gasteiger partial charge in [0.1, 0.15) is 5.69 Å². The largest absolute Gasteiger partial charge is 0.493 e. The molecule has 0 aliphatic carbocycles. The first-order valence-corrected chi connectivity index (χ1v) is 7.07. The van der Waals surface area contributed by atoms with E-state index in [0.29, 0.717) is 22.4 Å². The van der Waals surface area contributed by atoms with Gasteiger partial charge in [0.05, 0.1) is 11.8 Å². The highest BCUT2D eigenvalue weighted by Crippen LogP contribution is 2.35. The lowest BCUT2D eigenvalue weighted by Crippen LogP contribution is -1.93. The average molecular weight is 321 g/mol. The molecular weight excluding hydrogens is 310 g/mol. The molecule has 0 fully saturated rings. The lowest BCUT2D eigenvalue weighted by Gasteiger charge is -1.90. The van der Waals surface area contributed by atoms with Gasteiger partial charge in [0.25, 0.3) is 0 Å². The second-order valence-electron chi connectivity index (χ2n) is 5.02. The summed E-state index contributed by atoms with van der Waals surface area (Å²) >= 11 is 0. The molecule has 4 aromatic rings. The summed E-state index contributed by atoms with van der Waals surface area (Å²) in [6, 6.07) is 12.2. The highest BCUT2D eigenvalue weighted by Gasteiger charge is 2.14. The zero-order valence-electron chi connectivity index (χ0n) is 12.2. The Bertz CT molecular complexity index is 1040. The smallest absolute Gasteiger partial charge is 0.315 e. The molecule has 0 atom stereocenters. The van der Waals surface area contributed by atoms with Crippen LogP contribution in [0.3, 0.4) is 0 Å². The van der Waals surface area contributed by atoms with Crippen LogP contribution in [-0.4, -0.2) is 26.2 Å². The van der Waals surface area contributed by atoms with E-state index in [1.54, 1.807) is 30.3 Å². The normalized spacial score (nSPS) is 11.5. The molecule has 3 aromatic heterocycles. The van der Waals surface area contributed by atoms with E-state index >= 15 is 0 Å². The van der Waals surface area contributed by atoms with Crippen LogP contribution in [0.15, 0.2) is 63.4 Å². The van der Waals surface area contributed by atoms with Gasteiger partial charge in [-0.15, -0.1) is 10.2 Å². The quantitative estimate of drug-likeness (QED) is 0.497. The van der Waals surface area contributed by atoms with E-state index in [1.165, 1.54) is 12.3 Å². The number of para-hydroxylation sites is 1. The van der Waals surface area contributed by atoms with Crippen molar-refractivity contribution < 1.29 is 14.3 Å². The summed E-state index contributed by atoms with van der Waals surface area (Å²) in [5, 5.41) is 24.7. The fraction of sp³-hybridized carbons (Fsp3) is 0. The second-order valence-corrected chi connectivity index (χ2v) is 5.02. The molecule has 118 valence electrons. The number of hydrogen-bond acceptors (Lipinski definition) is 5. The van der Waals surface area contributed by atoms with E-state index in [2.05, 4.69) is 25.4 Å². The van der Waals surface area contributed by atoms with Crippen LogP contribution >= 0.6 is 0 Å². The third-order valence-electron chi connectivity index (χ3n) is 3.48. The topological polar surface area (TPSA) is 120 Å². The molecule has 8 nitrogen and oxygen atoms in total. The van der Waals surface area contributed by atoms with Crippen LogP contribution in [0.1, 0.15) is 10.5 Å². The van der Waals surface area contributed by atoms with Gasteiger partial charge in [-0.25, -0.2) is 0 Å². The van der Waals surface area contributed by atoms with E-state index in [1.807, 2.05) is 6.07 Å². The van der Waals surface area contributed by atoms with Gasteiger partial charge >= 0.3 is 5.91 Å². The average Bonchev–Trinajstić information content (AvgIpc) is 3.31. The number of aromatic hydroxyl groups is 1. The van der Waals surface area contributed by atoms with Gasteiger partial charge in [0, 0.05) is 11.5 Å².